The van der Waals surface area contributed by atoms with E-state index in [-0.39, 0.29) is 12.2 Å². The highest BCUT2D eigenvalue weighted by Gasteiger charge is 2.04. The molecule has 3 aromatic rings. The lowest BCUT2D eigenvalue weighted by Gasteiger charge is -2.04. The van der Waals surface area contributed by atoms with Crippen LogP contribution in [-0.2, 0) is 6.61 Å². The van der Waals surface area contributed by atoms with Crippen molar-refractivity contribution >= 4 is 5.52 Å². The van der Waals surface area contributed by atoms with Crippen molar-refractivity contribution in [1.82, 2.24) is 14.4 Å². The Kier molecular flexibility index (Phi) is 2.46. The van der Waals surface area contributed by atoms with E-state index in [9.17, 15) is 4.79 Å². The highest BCUT2D eigenvalue weighted by atomic mass is 16.3. The molecule has 0 unspecified atom stereocenters. The molecule has 0 amide bonds. The molecule has 0 aliphatic rings. The lowest BCUT2D eigenvalue weighted by atomic mass is 10.1. The zero-order valence-corrected chi connectivity index (χ0v) is 9.50. The lowest BCUT2D eigenvalue weighted by molar-refractivity contribution is 0.282. The van der Waals surface area contributed by atoms with Crippen LogP contribution >= 0.6 is 0 Å². The van der Waals surface area contributed by atoms with Gasteiger partial charge in [0.1, 0.15) is 5.52 Å². The van der Waals surface area contributed by atoms with Gasteiger partial charge in [-0.2, -0.15) is 0 Å². The Bertz CT molecular complexity index is 741. The van der Waals surface area contributed by atoms with Crippen molar-refractivity contribution in [1.29, 1.82) is 0 Å². The van der Waals surface area contributed by atoms with Crippen molar-refractivity contribution < 1.29 is 5.11 Å². The standard InChI is InChI=1S/C13H11N3O2/c17-7-9-1-3-10(4-2-9)11-6-16-8-14-5-12(16)13(18)15-11/h1-6,8,17H,7H2,(H,15,18). The van der Waals surface area contributed by atoms with Crippen molar-refractivity contribution in [3.8, 4) is 11.3 Å². The minimum absolute atomic E-state index is 0.0113. The first-order chi connectivity index (χ1) is 8.78. The number of fused-ring (bicyclic) bond motifs is 1. The topological polar surface area (TPSA) is 70.4 Å². The van der Waals surface area contributed by atoms with E-state index in [4.69, 9.17) is 5.11 Å². The number of benzene rings is 1. The fourth-order valence-corrected chi connectivity index (χ4v) is 1.88. The van der Waals surface area contributed by atoms with Crippen LogP contribution in [0.15, 0.2) is 47.8 Å². The lowest BCUT2D eigenvalue weighted by Crippen LogP contribution is -2.09. The van der Waals surface area contributed by atoms with Gasteiger partial charge < -0.3 is 10.1 Å². The highest BCUT2D eigenvalue weighted by molar-refractivity contribution is 5.60. The molecule has 90 valence electrons. The number of aliphatic hydroxyl groups is 1. The van der Waals surface area contributed by atoms with Gasteiger partial charge in [-0.05, 0) is 11.1 Å². The van der Waals surface area contributed by atoms with Crippen LogP contribution in [0.3, 0.4) is 0 Å². The molecule has 5 nitrogen and oxygen atoms in total. The molecule has 0 saturated carbocycles. The maximum Gasteiger partial charge on any atom is 0.274 e. The van der Waals surface area contributed by atoms with E-state index in [1.165, 1.54) is 6.20 Å². The Morgan fingerprint density at radius 2 is 2.06 bits per heavy atom. The van der Waals surface area contributed by atoms with E-state index in [0.717, 1.165) is 16.8 Å². The average molecular weight is 241 g/mol. The Balaban J connectivity index is 2.15. The number of hydrogen-bond acceptors (Lipinski definition) is 3. The smallest absolute Gasteiger partial charge is 0.274 e. The molecule has 0 spiro atoms. The molecule has 18 heavy (non-hydrogen) atoms. The average Bonchev–Trinajstić information content (AvgIpc) is 2.88. The first kappa shape index (κ1) is 10.7. The van der Waals surface area contributed by atoms with Gasteiger partial charge in [0.2, 0.25) is 0 Å². The van der Waals surface area contributed by atoms with Crippen LogP contribution in [0.1, 0.15) is 5.56 Å². The Hall–Kier alpha value is -2.40. The Labute approximate surface area is 102 Å². The van der Waals surface area contributed by atoms with Gasteiger partial charge in [0, 0.05) is 6.20 Å². The summed E-state index contributed by atoms with van der Waals surface area (Å²) in [5, 5.41) is 8.99. The number of aromatic amines is 1. The summed E-state index contributed by atoms with van der Waals surface area (Å²) >= 11 is 0. The molecule has 0 bridgehead atoms. The number of nitrogens with one attached hydrogen (secondary N) is 1. The summed E-state index contributed by atoms with van der Waals surface area (Å²) in [5.41, 5.74) is 2.79. The number of H-pyrrole nitrogens is 1. The maximum absolute atomic E-state index is 11.8. The number of aliphatic hydroxyl groups excluding tert-OH is 1. The SMILES string of the molecule is O=c1[nH]c(-c2ccc(CO)cc2)cn2cncc12. The molecule has 0 saturated heterocycles. The molecule has 0 aliphatic heterocycles. The molecule has 0 atom stereocenters. The van der Waals surface area contributed by atoms with E-state index >= 15 is 0 Å². The van der Waals surface area contributed by atoms with Crippen molar-refractivity contribution in [3.63, 3.8) is 0 Å². The quantitative estimate of drug-likeness (QED) is 0.707. The van der Waals surface area contributed by atoms with E-state index in [1.807, 2.05) is 30.5 Å². The second-order valence-electron chi connectivity index (χ2n) is 4.04. The summed E-state index contributed by atoms with van der Waals surface area (Å²) in [6.45, 7) is 0.0113. The Morgan fingerprint density at radius 1 is 1.28 bits per heavy atom. The van der Waals surface area contributed by atoms with Gasteiger partial charge in [-0.3, -0.25) is 9.20 Å². The molecule has 0 aliphatic carbocycles. The zero-order valence-electron chi connectivity index (χ0n) is 9.50. The van der Waals surface area contributed by atoms with Gasteiger partial charge >= 0.3 is 0 Å². The first-order valence-corrected chi connectivity index (χ1v) is 5.53. The summed E-state index contributed by atoms with van der Waals surface area (Å²) in [6.07, 6.45) is 4.94. The fraction of sp³-hybridized carbons (Fsp3) is 0.0769. The minimum atomic E-state index is -0.170. The van der Waals surface area contributed by atoms with Gasteiger partial charge in [0.25, 0.3) is 5.56 Å². The zero-order chi connectivity index (χ0) is 12.5. The van der Waals surface area contributed by atoms with Crippen molar-refractivity contribution in [2.45, 2.75) is 6.61 Å². The Morgan fingerprint density at radius 3 is 2.78 bits per heavy atom. The van der Waals surface area contributed by atoms with Gasteiger partial charge in [-0.1, -0.05) is 24.3 Å². The van der Waals surface area contributed by atoms with Crippen LogP contribution in [-0.4, -0.2) is 19.5 Å². The third-order valence-electron chi connectivity index (χ3n) is 2.86. The third-order valence-corrected chi connectivity index (χ3v) is 2.86. The first-order valence-electron chi connectivity index (χ1n) is 5.53. The molecule has 0 fully saturated rings. The number of rotatable bonds is 2. The van der Waals surface area contributed by atoms with E-state index in [2.05, 4.69) is 9.97 Å². The van der Waals surface area contributed by atoms with Gasteiger partial charge in [0.15, 0.2) is 0 Å². The molecule has 2 aromatic heterocycles. The summed E-state index contributed by atoms with van der Waals surface area (Å²) < 4.78 is 1.69. The van der Waals surface area contributed by atoms with Gasteiger partial charge in [-0.25, -0.2) is 4.98 Å². The minimum Gasteiger partial charge on any atom is -0.392 e. The van der Waals surface area contributed by atoms with Crippen molar-refractivity contribution in [3.05, 3.63) is 58.9 Å². The number of imidazole rings is 1. The fourth-order valence-electron chi connectivity index (χ4n) is 1.88. The van der Waals surface area contributed by atoms with E-state index < -0.39 is 0 Å². The van der Waals surface area contributed by atoms with Crippen molar-refractivity contribution in [2.75, 3.05) is 0 Å². The molecule has 5 heteroatoms. The van der Waals surface area contributed by atoms with E-state index in [0.29, 0.717) is 5.52 Å². The van der Waals surface area contributed by atoms with Crippen LogP contribution in [0.5, 0.6) is 0 Å². The predicted octanol–water partition coefficient (Wildman–Crippen LogP) is 1.18. The van der Waals surface area contributed by atoms with Crippen LogP contribution < -0.4 is 5.56 Å². The summed E-state index contributed by atoms with van der Waals surface area (Å²) in [6, 6.07) is 7.37. The second kappa shape index (κ2) is 4.12. The maximum atomic E-state index is 11.8. The molecule has 3 rings (SSSR count). The number of aromatic nitrogens is 3. The number of hydrogen-bond donors (Lipinski definition) is 2. The van der Waals surface area contributed by atoms with Crippen LogP contribution in [0.2, 0.25) is 0 Å². The summed E-state index contributed by atoms with van der Waals surface area (Å²) in [4.78, 5) is 18.5. The summed E-state index contributed by atoms with van der Waals surface area (Å²) in [5.74, 6) is 0. The van der Waals surface area contributed by atoms with Gasteiger partial charge in [-0.15, -0.1) is 0 Å². The molecule has 2 heterocycles. The normalized spacial score (nSPS) is 10.9. The molecule has 1 aromatic carbocycles. The highest BCUT2D eigenvalue weighted by Crippen LogP contribution is 2.16. The van der Waals surface area contributed by atoms with Gasteiger partial charge in [0.05, 0.1) is 24.8 Å². The molecule has 2 N–H and O–H groups in total. The predicted molar refractivity (Wildman–Crippen MR) is 67.2 cm³/mol. The monoisotopic (exact) mass is 241 g/mol. The third kappa shape index (κ3) is 1.70. The van der Waals surface area contributed by atoms with Crippen LogP contribution in [0.25, 0.3) is 16.8 Å². The summed E-state index contributed by atoms with van der Waals surface area (Å²) in [7, 11) is 0. The van der Waals surface area contributed by atoms with Crippen LogP contribution in [0.4, 0.5) is 0 Å². The van der Waals surface area contributed by atoms with Crippen LogP contribution in [0, 0.1) is 0 Å². The van der Waals surface area contributed by atoms with E-state index in [1.54, 1.807) is 10.7 Å². The molecular weight excluding hydrogens is 230 g/mol. The molecule has 0 radical (unpaired) electrons. The van der Waals surface area contributed by atoms with Crippen molar-refractivity contribution in [2.24, 2.45) is 0 Å². The number of nitrogens with zero attached hydrogens (tertiary/aromatic N) is 2. The molecular formula is C13H11N3O2. The second-order valence-corrected chi connectivity index (χ2v) is 4.04. The largest absolute Gasteiger partial charge is 0.392 e.